The molecule has 1 heterocycles. The van der Waals surface area contributed by atoms with Gasteiger partial charge < -0.3 is 24.7 Å². The van der Waals surface area contributed by atoms with E-state index in [1.54, 1.807) is 0 Å². The third-order valence-corrected chi connectivity index (χ3v) is 4.49. The van der Waals surface area contributed by atoms with E-state index in [4.69, 9.17) is 9.57 Å². The Morgan fingerprint density at radius 1 is 1.00 bits per heavy atom. The summed E-state index contributed by atoms with van der Waals surface area (Å²) in [5.41, 5.74) is 0. The molecule has 1 rings (SSSR count). The lowest BCUT2D eigenvalue weighted by Gasteiger charge is -2.22. The van der Waals surface area contributed by atoms with Crippen molar-refractivity contribution < 1.29 is 28.8 Å². The van der Waals surface area contributed by atoms with Crippen molar-refractivity contribution in [3.8, 4) is 0 Å². The predicted octanol–water partition coefficient (Wildman–Crippen LogP) is 0.170. The lowest BCUT2D eigenvalue weighted by atomic mass is 10.3. The van der Waals surface area contributed by atoms with E-state index in [1.807, 2.05) is 0 Å². The number of rotatable bonds is 16. The molecule has 0 unspecified atom stereocenters. The van der Waals surface area contributed by atoms with Gasteiger partial charge in [0.15, 0.2) is 0 Å². The fourth-order valence-electron chi connectivity index (χ4n) is 2.93. The minimum Gasteiger partial charge on any atom is -0.380 e. The van der Waals surface area contributed by atoms with Gasteiger partial charge in [0.05, 0.1) is 19.6 Å². The highest BCUT2D eigenvalue weighted by Gasteiger charge is 2.32. The molecule has 1 aliphatic rings. The monoisotopic (exact) mass is 428 g/mol. The Labute approximate surface area is 178 Å². The summed E-state index contributed by atoms with van der Waals surface area (Å²) in [5, 5.41) is 3.40. The van der Waals surface area contributed by atoms with Crippen LogP contribution in [0.3, 0.4) is 0 Å². The van der Waals surface area contributed by atoms with E-state index in [9.17, 15) is 19.2 Å². The normalized spacial score (nSPS) is 14.1. The van der Waals surface area contributed by atoms with Crippen LogP contribution in [0.4, 0.5) is 0 Å². The number of ether oxygens (including phenoxy) is 1. The number of amides is 3. The minimum atomic E-state index is -0.715. The molecule has 1 saturated heterocycles. The number of carbonyl (C=O) groups excluding carboxylic acids is 4. The standard InChI is InChI=1S/C20H36N4O6/c1-4-11-23(13-5-12-22(2)3)14-10-21-17(25)8-15-29-16-9-20(28)30-24-18(26)6-7-19(24)27/h4-16H2,1-3H3,(H,21,25). The van der Waals surface area contributed by atoms with E-state index >= 15 is 0 Å². The minimum absolute atomic E-state index is 0.0541. The molecule has 0 spiro atoms. The summed E-state index contributed by atoms with van der Waals surface area (Å²) >= 11 is 0. The summed E-state index contributed by atoms with van der Waals surface area (Å²) in [6.07, 6.45) is 2.39. The fourth-order valence-corrected chi connectivity index (χ4v) is 2.93. The van der Waals surface area contributed by atoms with Gasteiger partial charge >= 0.3 is 5.97 Å². The topological polar surface area (TPSA) is 108 Å². The second-order valence-electron chi connectivity index (χ2n) is 7.51. The first-order valence-corrected chi connectivity index (χ1v) is 10.6. The van der Waals surface area contributed by atoms with Crippen molar-refractivity contribution in [2.75, 3.05) is 60.0 Å². The molecule has 172 valence electrons. The molecule has 0 aromatic heterocycles. The molecule has 3 amide bonds. The zero-order valence-electron chi connectivity index (χ0n) is 18.5. The Kier molecular flexibility index (Phi) is 12.9. The molecule has 0 aromatic carbocycles. The first-order chi connectivity index (χ1) is 14.3. The molecule has 0 aliphatic carbocycles. The Hall–Kier alpha value is -2.04. The lowest BCUT2D eigenvalue weighted by Crippen LogP contribution is -2.37. The Balaban J connectivity index is 2.07. The molecule has 1 N–H and O–H groups in total. The summed E-state index contributed by atoms with van der Waals surface area (Å²) in [6.45, 7) is 6.85. The van der Waals surface area contributed by atoms with Crippen molar-refractivity contribution >= 4 is 23.7 Å². The molecule has 10 heteroatoms. The van der Waals surface area contributed by atoms with Crippen molar-refractivity contribution in [2.45, 2.75) is 45.4 Å². The predicted molar refractivity (Wildman–Crippen MR) is 110 cm³/mol. The van der Waals surface area contributed by atoms with Crippen LogP contribution in [0.25, 0.3) is 0 Å². The van der Waals surface area contributed by atoms with Crippen LogP contribution in [0.5, 0.6) is 0 Å². The molecule has 0 atom stereocenters. The maximum absolute atomic E-state index is 11.9. The largest absolute Gasteiger partial charge is 0.380 e. The number of nitrogens with one attached hydrogen (secondary N) is 1. The maximum atomic E-state index is 11.9. The van der Waals surface area contributed by atoms with Crippen LogP contribution in [0.15, 0.2) is 0 Å². The third kappa shape index (κ3) is 11.2. The smallest absolute Gasteiger partial charge is 0.335 e. The number of hydroxylamine groups is 2. The van der Waals surface area contributed by atoms with Crippen LogP contribution in [0.2, 0.25) is 0 Å². The Bertz CT molecular complexity index is 553. The highest BCUT2D eigenvalue weighted by atomic mass is 16.7. The molecule has 1 fully saturated rings. The van der Waals surface area contributed by atoms with E-state index in [0.717, 1.165) is 39.0 Å². The highest BCUT2D eigenvalue weighted by molar-refractivity contribution is 6.01. The van der Waals surface area contributed by atoms with Gasteiger partial charge in [-0.15, -0.1) is 5.06 Å². The quantitative estimate of drug-likeness (QED) is 0.274. The maximum Gasteiger partial charge on any atom is 0.335 e. The zero-order valence-corrected chi connectivity index (χ0v) is 18.5. The molecular formula is C20H36N4O6. The number of hydrogen-bond acceptors (Lipinski definition) is 8. The van der Waals surface area contributed by atoms with Gasteiger partial charge in [0.25, 0.3) is 11.8 Å². The van der Waals surface area contributed by atoms with E-state index in [0.29, 0.717) is 11.6 Å². The summed E-state index contributed by atoms with van der Waals surface area (Å²) < 4.78 is 5.27. The van der Waals surface area contributed by atoms with Crippen molar-refractivity contribution in [1.82, 2.24) is 20.2 Å². The summed E-state index contributed by atoms with van der Waals surface area (Å²) in [6, 6.07) is 0. The van der Waals surface area contributed by atoms with Crippen LogP contribution in [-0.4, -0.2) is 98.6 Å². The Morgan fingerprint density at radius 2 is 1.67 bits per heavy atom. The first-order valence-electron chi connectivity index (χ1n) is 10.6. The SMILES string of the molecule is CCCN(CCCN(C)C)CCNC(=O)CCOCCC(=O)ON1C(=O)CCC1=O. The van der Waals surface area contributed by atoms with Gasteiger partial charge in [-0.2, -0.15) is 0 Å². The third-order valence-electron chi connectivity index (χ3n) is 4.49. The van der Waals surface area contributed by atoms with E-state index in [-0.39, 0.29) is 44.8 Å². The molecule has 10 nitrogen and oxygen atoms in total. The highest BCUT2D eigenvalue weighted by Crippen LogP contribution is 2.12. The second kappa shape index (κ2) is 14.9. The molecule has 0 saturated carbocycles. The van der Waals surface area contributed by atoms with E-state index in [1.165, 1.54) is 0 Å². The molecule has 30 heavy (non-hydrogen) atoms. The van der Waals surface area contributed by atoms with Gasteiger partial charge in [0, 0.05) is 32.4 Å². The van der Waals surface area contributed by atoms with Crippen molar-refractivity contribution in [2.24, 2.45) is 0 Å². The van der Waals surface area contributed by atoms with Gasteiger partial charge in [-0.1, -0.05) is 6.92 Å². The number of carbonyl (C=O) groups is 4. The number of hydrogen-bond donors (Lipinski definition) is 1. The van der Waals surface area contributed by atoms with Crippen LogP contribution in [0, 0.1) is 0 Å². The van der Waals surface area contributed by atoms with Crippen LogP contribution < -0.4 is 5.32 Å². The van der Waals surface area contributed by atoms with Crippen molar-refractivity contribution in [3.63, 3.8) is 0 Å². The molecule has 0 bridgehead atoms. The van der Waals surface area contributed by atoms with Crippen LogP contribution in [0.1, 0.15) is 45.4 Å². The van der Waals surface area contributed by atoms with Gasteiger partial charge in [-0.05, 0) is 46.6 Å². The lowest BCUT2D eigenvalue weighted by molar-refractivity contribution is -0.198. The average Bonchev–Trinajstić information content (AvgIpc) is 2.99. The van der Waals surface area contributed by atoms with E-state index in [2.05, 4.69) is 36.1 Å². The average molecular weight is 429 g/mol. The molecular weight excluding hydrogens is 392 g/mol. The van der Waals surface area contributed by atoms with Crippen LogP contribution in [-0.2, 0) is 28.8 Å². The Morgan fingerprint density at radius 3 is 2.30 bits per heavy atom. The molecule has 0 aromatic rings. The number of nitrogens with zero attached hydrogens (tertiary/aromatic N) is 3. The van der Waals surface area contributed by atoms with Gasteiger partial charge in [-0.3, -0.25) is 14.4 Å². The van der Waals surface area contributed by atoms with Gasteiger partial charge in [-0.25, -0.2) is 4.79 Å². The fraction of sp³-hybridized carbons (Fsp3) is 0.800. The molecule has 1 aliphatic heterocycles. The summed E-state index contributed by atoms with van der Waals surface area (Å²) in [5.74, 6) is -1.84. The van der Waals surface area contributed by atoms with Crippen molar-refractivity contribution in [1.29, 1.82) is 0 Å². The van der Waals surface area contributed by atoms with Gasteiger partial charge in [0.2, 0.25) is 5.91 Å². The second-order valence-corrected chi connectivity index (χ2v) is 7.51. The summed E-state index contributed by atoms with van der Waals surface area (Å²) in [4.78, 5) is 55.5. The first kappa shape index (κ1) is 26.0. The van der Waals surface area contributed by atoms with Gasteiger partial charge in [0.1, 0.15) is 0 Å². The van der Waals surface area contributed by atoms with Crippen molar-refractivity contribution in [3.05, 3.63) is 0 Å². The van der Waals surface area contributed by atoms with Crippen LogP contribution >= 0.6 is 0 Å². The molecule has 0 radical (unpaired) electrons. The van der Waals surface area contributed by atoms with E-state index < -0.39 is 17.8 Å². The zero-order chi connectivity index (χ0) is 22.4. The summed E-state index contributed by atoms with van der Waals surface area (Å²) in [7, 11) is 4.12. The number of imide groups is 1.